The zero-order valence-electron chi connectivity index (χ0n) is 19.6. The Kier molecular flexibility index (Phi) is 12.0. The zero-order chi connectivity index (χ0) is 23.9. The Morgan fingerprint density at radius 3 is 1.55 bits per heavy atom. The molecule has 0 aliphatic carbocycles. The highest BCUT2D eigenvalue weighted by Crippen LogP contribution is 2.19. The lowest BCUT2D eigenvalue weighted by atomic mass is 9.97. The van der Waals surface area contributed by atoms with E-state index in [0.29, 0.717) is 12.5 Å². The summed E-state index contributed by atoms with van der Waals surface area (Å²) in [4.78, 5) is 16.4. The van der Waals surface area contributed by atoms with E-state index in [1.165, 1.54) is 16.7 Å². The summed E-state index contributed by atoms with van der Waals surface area (Å²) in [5.74, 6) is 0.560. The average molecular weight is 449 g/mol. The topological polar surface area (TPSA) is 69.6 Å². The van der Waals surface area contributed by atoms with E-state index in [4.69, 9.17) is 9.93 Å². The number of benzene rings is 3. The lowest BCUT2D eigenvalue weighted by Crippen LogP contribution is -2.48. The summed E-state index contributed by atoms with van der Waals surface area (Å²) >= 11 is 0. The fraction of sp³-hybridized carbons (Fsp3) is 0.357. The predicted octanol–water partition coefficient (Wildman–Crippen LogP) is 4.97. The monoisotopic (exact) mass is 448 g/mol. The van der Waals surface area contributed by atoms with Gasteiger partial charge in [0.15, 0.2) is 0 Å². The summed E-state index contributed by atoms with van der Waals surface area (Å²) < 4.78 is 0. The Bertz CT molecular complexity index is 834. The molecule has 33 heavy (non-hydrogen) atoms. The molecule has 2 N–H and O–H groups in total. The van der Waals surface area contributed by atoms with Gasteiger partial charge in [0.05, 0.1) is 6.10 Å². The van der Waals surface area contributed by atoms with Crippen molar-refractivity contribution in [2.24, 2.45) is 5.92 Å². The number of rotatable bonds is 12. The average Bonchev–Trinajstić information content (AvgIpc) is 2.85. The molecule has 5 nitrogen and oxygen atoms in total. The van der Waals surface area contributed by atoms with Gasteiger partial charge in [-0.25, -0.2) is 0 Å². The second kappa shape index (κ2) is 15.1. The number of hydrogen-bond donors (Lipinski definition) is 2. The van der Waals surface area contributed by atoms with Gasteiger partial charge in [-0.05, 0) is 35.6 Å². The molecule has 0 bridgehead atoms. The summed E-state index contributed by atoms with van der Waals surface area (Å²) in [6.07, 6.45) is 0.344. The van der Waals surface area contributed by atoms with Gasteiger partial charge in [-0.1, -0.05) is 105 Å². The van der Waals surface area contributed by atoms with Gasteiger partial charge in [0, 0.05) is 35.6 Å². The summed E-state index contributed by atoms with van der Waals surface area (Å²) in [5.41, 5.74) is 3.78. The van der Waals surface area contributed by atoms with E-state index in [-0.39, 0.29) is 6.04 Å². The first-order valence-electron chi connectivity index (χ1n) is 11.5. The third-order valence-electron chi connectivity index (χ3n) is 5.56. The second-order valence-electron chi connectivity index (χ2n) is 8.75. The molecule has 0 heterocycles. The highest BCUT2D eigenvalue weighted by molar-refractivity contribution is 5.20. The van der Waals surface area contributed by atoms with Crippen molar-refractivity contribution in [3.63, 3.8) is 0 Å². The molecule has 0 radical (unpaired) electrons. The third kappa shape index (κ3) is 9.66. The van der Waals surface area contributed by atoms with Crippen LogP contribution in [0.1, 0.15) is 30.5 Å². The van der Waals surface area contributed by atoms with Crippen LogP contribution in [0, 0.1) is 15.8 Å². The molecule has 5 heteroatoms. The zero-order valence-corrected chi connectivity index (χ0v) is 19.6. The van der Waals surface area contributed by atoms with Crippen LogP contribution in [-0.2, 0) is 19.5 Å². The molecule has 0 aliphatic rings. The Hall–Kier alpha value is -2.86. The molecule has 3 aromatic rings. The molecule has 0 aromatic heterocycles. The molecule has 0 fully saturated rings. The lowest BCUT2D eigenvalue weighted by Gasteiger charge is -2.36. The van der Waals surface area contributed by atoms with Gasteiger partial charge >= 0.3 is 0 Å². The van der Waals surface area contributed by atoms with Crippen molar-refractivity contribution in [3.05, 3.63) is 118 Å². The number of aliphatic hydroxyl groups excluding tert-OH is 1. The summed E-state index contributed by atoms with van der Waals surface area (Å²) in [7, 11) is 0. The number of hydrogen-bond acceptors (Lipinski definition) is 5. The van der Waals surface area contributed by atoms with E-state index in [1.54, 1.807) is 0 Å². The van der Waals surface area contributed by atoms with Gasteiger partial charge in [-0.3, -0.25) is 4.90 Å². The van der Waals surface area contributed by atoms with Gasteiger partial charge in [-0.2, -0.15) is 0 Å². The summed E-state index contributed by atoms with van der Waals surface area (Å²) in [5, 5.41) is 14.8. The van der Waals surface area contributed by atoms with Gasteiger partial charge in [-0.15, -0.1) is 0 Å². The quantitative estimate of drug-likeness (QED) is 0.409. The first-order chi connectivity index (χ1) is 16.1. The Labute approximate surface area is 197 Å². The van der Waals surface area contributed by atoms with Crippen molar-refractivity contribution in [1.29, 1.82) is 0 Å². The fourth-order valence-corrected chi connectivity index (χ4v) is 3.95. The molecule has 0 amide bonds. The Morgan fingerprint density at radius 1 is 0.697 bits per heavy atom. The molecular formula is C28H36N2O3. The Balaban J connectivity index is 0.00000187. The lowest BCUT2D eigenvalue weighted by molar-refractivity contribution is 0.0390. The molecule has 0 unspecified atom stereocenters. The van der Waals surface area contributed by atoms with E-state index in [2.05, 4.69) is 109 Å². The van der Waals surface area contributed by atoms with Gasteiger partial charge in [0.2, 0.25) is 0 Å². The van der Waals surface area contributed by atoms with Crippen molar-refractivity contribution < 1.29 is 5.11 Å². The standard InChI is InChI=1S/C28H36N2O.O2/c1-23(2)19-29-20-28(31)27(18-24-12-6-3-7-13-24)30(21-25-14-8-4-9-15-25)22-26-16-10-5-11-17-26;1-2/h3-17,23,27-29,31H,18-22H2,1-2H3;/t27-,28+;/m0./s1. The van der Waals surface area contributed by atoms with Crippen LogP contribution in [0.4, 0.5) is 0 Å². The smallest absolute Gasteiger partial charge is 0.0822 e. The van der Waals surface area contributed by atoms with Crippen molar-refractivity contribution in [1.82, 2.24) is 10.2 Å². The van der Waals surface area contributed by atoms with Crippen molar-refractivity contribution in [3.8, 4) is 0 Å². The molecular weight excluding hydrogens is 412 g/mol. The van der Waals surface area contributed by atoms with Gasteiger partial charge in [0.25, 0.3) is 0 Å². The molecule has 3 rings (SSSR count). The minimum Gasteiger partial charge on any atom is -0.390 e. The maximum Gasteiger partial charge on any atom is 0.0822 e. The van der Waals surface area contributed by atoms with Crippen LogP contribution in [-0.4, -0.2) is 35.2 Å². The van der Waals surface area contributed by atoms with Crippen LogP contribution >= 0.6 is 0 Å². The van der Waals surface area contributed by atoms with E-state index >= 15 is 0 Å². The summed E-state index contributed by atoms with van der Waals surface area (Å²) in [6, 6.07) is 31.6. The van der Waals surface area contributed by atoms with E-state index < -0.39 is 6.10 Å². The molecule has 0 spiro atoms. The molecule has 0 aliphatic heterocycles. The molecule has 176 valence electrons. The SMILES string of the molecule is CC(C)CNC[C@@H](O)[C@H](Cc1ccccc1)N(Cc1ccccc1)Cc1ccccc1.O=O. The molecule has 0 saturated carbocycles. The first-order valence-corrected chi connectivity index (χ1v) is 11.5. The maximum atomic E-state index is 11.3. The van der Waals surface area contributed by atoms with Gasteiger partial charge in [0.1, 0.15) is 0 Å². The van der Waals surface area contributed by atoms with E-state index in [1.807, 2.05) is 6.07 Å². The van der Waals surface area contributed by atoms with Crippen LogP contribution in [0.3, 0.4) is 0 Å². The van der Waals surface area contributed by atoms with Crippen LogP contribution in [0.5, 0.6) is 0 Å². The van der Waals surface area contributed by atoms with Gasteiger partial charge < -0.3 is 10.4 Å². The van der Waals surface area contributed by atoms with Crippen molar-refractivity contribution in [2.45, 2.75) is 45.5 Å². The number of aliphatic hydroxyl groups is 1. The van der Waals surface area contributed by atoms with E-state index in [9.17, 15) is 5.11 Å². The van der Waals surface area contributed by atoms with Crippen LogP contribution in [0.25, 0.3) is 0 Å². The first kappa shape index (κ1) is 26.4. The van der Waals surface area contributed by atoms with Crippen LogP contribution in [0.15, 0.2) is 91.0 Å². The minimum atomic E-state index is -0.466. The highest BCUT2D eigenvalue weighted by atomic mass is 16.7. The largest absolute Gasteiger partial charge is 0.390 e. The molecule has 3 aromatic carbocycles. The third-order valence-corrected chi connectivity index (χ3v) is 5.56. The van der Waals surface area contributed by atoms with E-state index in [0.717, 1.165) is 26.1 Å². The Morgan fingerprint density at radius 2 is 1.12 bits per heavy atom. The summed E-state index contributed by atoms with van der Waals surface area (Å²) in [6.45, 7) is 7.49. The minimum absolute atomic E-state index is 0.00229. The van der Waals surface area contributed by atoms with Crippen molar-refractivity contribution >= 4 is 0 Å². The molecule has 0 saturated heterocycles. The predicted molar refractivity (Wildman–Crippen MR) is 137 cm³/mol. The fourth-order valence-electron chi connectivity index (χ4n) is 3.95. The van der Waals surface area contributed by atoms with Crippen LogP contribution in [0.2, 0.25) is 0 Å². The highest BCUT2D eigenvalue weighted by Gasteiger charge is 2.27. The number of nitrogens with zero attached hydrogens (tertiary/aromatic N) is 1. The van der Waals surface area contributed by atoms with Crippen molar-refractivity contribution in [2.75, 3.05) is 13.1 Å². The number of nitrogens with one attached hydrogen (secondary N) is 1. The molecule has 2 atom stereocenters. The normalized spacial score (nSPS) is 12.8. The second-order valence-corrected chi connectivity index (χ2v) is 8.75. The maximum absolute atomic E-state index is 11.3. The van der Waals surface area contributed by atoms with Crippen LogP contribution < -0.4 is 5.32 Å².